The normalized spacial score (nSPS) is 14.0. The molecule has 0 aliphatic rings. The topological polar surface area (TPSA) is 78.9 Å². The molecule has 7 heteroatoms. The average molecular weight is 320 g/mol. The minimum absolute atomic E-state index is 0.0835. The summed E-state index contributed by atoms with van der Waals surface area (Å²) < 4.78 is 13.8. The number of carbonyl (C=O) groups excluding carboxylic acids is 3. The molecule has 0 saturated heterocycles. The van der Waals surface area contributed by atoms with Crippen molar-refractivity contribution in [1.82, 2.24) is 0 Å². The minimum Gasteiger partial charge on any atom is -0.468 e. The first-order valence-corrected chi connectivity index (χ1v) is 7.73. The van der Waals surface area contributed by atoms with Crippen molar-refractivity contribution in [2.45, 2.75) is 45.8 Å². The Hall–Kier alpha value is -1.24. The van der Waals surface area contributed by atoms with Crippen LogP contribution in [-0.4, -0.2) is 42.3 Å². The van der Waals surface area contributed by atoms with E-state index in [9.17, 15) is 14.4 Å². The molecule has 0 radical (unpaired) electrons. The molecule has 0 spiro atoms. The Kier molecular flexibility index (Phi) is 7.78. The molecule has 0 heterocycles. The van der Waals surface area contributed by atoms with Crippen LogP contribution in [0.4, 0.5) is 4.79 Å². The highest BCUT2D eigenvalue weighted by atomic mass is 32.2. The van der Waals surface area contributed by atoms with Gasteiger partial charge in [0, 0.05) is 10.5 Å². The second kappa shape index (κ2) is 8.26. The van der Waals surface area contributed by atoms with Crippen molar-refractivity contribution in [3.63, 3.8) is 0 Å². The van der Waals surface area contributed by atoms with Gasteiger partial charge in [0.2, 0.25) is 0 Å². The van der Waals surface area contributed by atoms with Gasteiger partial charge in [-0.25, -0.2) is 4.79 Å². The van der Waals surface area contributed by atoms with Crippen LogP contribution in [0.25, 0.3) is 0 Å². The third-order valence-corrected chi connectivity index (χ3v) is 4.26. The fourth-order valence-corrected chi connectivity index (χ4v) is 2.57. The van der Waals surface area contributed by atoms with E-state index >= 15 is 0 Å². The van der Waals surface area contributed by atoms with Crippen LogP contribution in [0.1, 0.15) is 41.0 Å². The van der Waals surface area contributed by atoms with Gasteiger partial charge in [0.15, 0.2) is 5.41 Å². The number of hydrogen-bond acceptors (Lipinski definition) is 7. The summed E-state index contributed by atoms with van der Waals surface area (Å²) in [5.74, 6) is -1.49. The first-order chi connectivity index (χ1) is 9.62. The van der Waals surface area contributed by atoms with Crippen LogP contribution in [0.3, 0.4) is 0 Å². The van der Waals surface area contributed by atoms with Gasteiger partial charge in [-0.3, -0.25) is 9.59 Å². The lowest BCUT2D eigenvalue weighted by atomic mass is 9.87. The van der Waals surface area contributed by atoms with Crippen molar-refractivity contribution in [2.24, 2.45) is 5.41 Å². The van der Waals surface area contributed by atoms with E-state index in [0.29, 0.717) is 0 Å². The molecule has 0 rings (SSSR count). The summed E-state index contributed by atoms with van der Waals surface area (Å²) >= 11 is 1.42. The van der Waals surface area contributed by atoms with Crippen molar-refractivity contribution in [1.29, 1.82) is 0 Å². The molecule has 6 nitrogen and oxygen atoms in total. The summed E-state index contributed by atoms with van der Waals surface area (Å²) in [5, 5.41) is 0. The van der Waals surface area contributed by atoms with Gasteiger partial charge < -0.3 is 14.2 Å². The molecule has 0 fully saturated rings. The maximum absolute atomic E-state index is 12.3. The predicted molar refractivity (Wildman–Crippen MR) is 80.1 cm³/mol. The lowest BCUT2D eigenvalue weighted by Gasteiger charge is -2.29. The van der Waals surface area contributed by atoms with Crippen LogP contribution in [-0.2, 0) is 23.8 Å². The summed E-state index contributed by atoms with van der Waals surface area (Å²) in [7, 11) is 1.20. The molecule has 0 aliphatic heterocycles. The summed E-state index contributed by atoms with van der Waals surface area (Å²) in [4.78, 5) is 35.6. The highest BCUT2D eigenvalue weighted by Gasteiger charge is 2.49. The highest BCUT2D eigenvalue weighted by molar-refractivity contribution is 8.00. The Balaban J connectivity index is 5.23. The number of rotatable bonds is 6. The maximum Gasteiger partial charge on any atom is 0.516 e. The summed E-state index contributed by atoms with van der Waals surface area (Å²) in [6.45, 7) is 9.24. The second-order valence-corrected chi connectivity index (χ2v) is 7.20. The van der Waals surface area contributed by atoms with E-state index < -0.39 is 23.5 Å². The number of carbonyl (C=O) groups is 3. The fourth-order valence-electron chi connectivity index (χ4n) is 1.45. The minimum atomic E-state index is -1.51. The maximum atomic E-state index is 12.3. The van der Waals surface area contributed by atoms with Gasteiger partial charge in [0.1, 0.15) is 0 Å². The molecular formula is C14H24O6S. The Morgan fingerprint density at radius 2 is 1.62 bits per heavy atom. The summed E-state index contributed by atoms with van der Waals surface area (Å²) in [5.41, 5.74) is -1.51. The van der Waals surface area contributed by atoms with Gasteiger partial charge in [0.25, 0.3) is 0 Å². The van der Waals surface area contributed by atoms with Crippen LogP contribution < -0.4 is 0 Å². The molecule has 0 aromatic heterocycles. The van der Waals surface area contributed by atoms with E-state index in [1.807, 2.05) is 20.8 Å². The Morgan fingerprint density at radius 3 is 2.00 bits per heavy atom. The number of hydrogen-bond donors (Lipinski definition) is 0. The van der Waals surface area contributed by atoms with Crippen LogP contribution in [0, 0.1) is 5.41 Å². The van der Waals surface area contributed by atoms with Crippen LogP contribution >= 0.6 is 11.8 Å². The quantitative estimate of drug-likeness (QED) is 0.550. The Bertz CT molecular complexity index is 387. The van der Waals surface area contributed by atoms with Gasteiger partial charge in [-0.05, 0) is 13.3 Å². The van der Waals surface area contributed by atoms with Crippen molar-refractivity contribution in [3.05, 3.63) is 0 Å². The van der Waals surface area contributed by atoms with E-state index in [4.69, 9.17) is 4.74 Å². The first kappa shape index (κ1) is 19.8. The van der Waals surface area contributed by atoms with Crippen molar-refractivity contribution in [3.8, 4) is 0 Å². The summed E-state index contributed by atoms with van der Waals surface area (Å²) in [6.07, 6.45) is -0.939. The first-order valence-electron chi connectivity index (χ1n) is 6.74. The van der Waals surface area contributed by atoms with E-state index in [2.05, 4.69) is 9.47 Å². The lowest BCUT2D eigenvalue weighted by molar-refractivity contribution is -0.166. The van der Waals surface area contributed by atoms with Crippen LogP contribution in [0.5, 0.6) is 0 Å². The highest BCUT2D eigenvalue weighted by Crippen LogP contribution is 2.36. The zero-order valence-electron chi connectivity index (χ0n) is 13.5. The van der Waals surface area contributed by atoms with Gasteiger partial charge in [0.05, 0.1) is 13.7 Å². The molecule has 21 heavy (non-hydrogen) atoms. The Morgan fingerprint density at radius 1 is 1.05 bits per heavy atom. The van der Waals surface area contributed by atoms with E-state index in [-0.39, 0.29) is 23.5 Å². The number of ether oxygens (including phenoxy) is 3. The van der Waals surface area contributed by atoms with Gasteiger partial charge in [-0.15, -0.1) is 0 Å². The van der Waals surface area contributed by atoms with E-state index in [0.717, 1.165) is 0 Å². The third-order valence-electron chi connectivity index (χ3n) is 2.76. The Labute approximate surface area is 129 Å². The van der Waals surface area contributed by atoms with Crippen LogP contribution in [0.15, 0.2) is 0 Å². The molecule has 0 saturated carbocycles. The molecule has 1 atom stereocenters. The SMILES string of the molecule is CCOC(=O)OC(=O)C(CC)(CSC(C)(C)C)C(=O)OC. The molecule has 122 valence electrons. The standard InChI is InChI=1S/C14H24O6S/c1-7-14(10(15)18-6,9-21-13(3,4)5)11(16)20-12(17)19-8-2/h7-9H2,1-6H3. The second-order valence-electron chi connectivity index (χ2n) is 5.40. The van der Waals surface area contributed by atoms with Gasteiger partial charge >= 0.3 is 18.1 Å². The lowest BCUT2D eigenvalue weighted by Crippen LogP contribution is -2.45. The van der Waals surface area contributed by atoms with E-state index in [1.54, 1.807) is 13.8 Å². The van der Waals surface area contributed by atoms with Gasteiger partial charge in [-0.2, -0.15) is 11.8 Å². The molecule has 0 aromatic carbocycles. The monoisotopic (exact) mass is 320 g/mol. The van der Waals surface area contributed by atoms with Crippen molar-refractivity contribution in [2.75, 3.05) is 19.5 Å². The molecule has 0 bridgehead atoms. The molecular weight excluding hydrogens is 296 g/mol. The van der Waals surface area contributed by atoms with Crippen LogP contribution in [0.2, 0.25) is 0 Å². The molecule has 0 amide bonds. The largest absolute Gasteiger partial charge is 0.516 e. The van der Waals surface area contributed by atoms with Crippen molar-refractivity contribution >= 4 is 29.9 Å². The smallest absolute Gasteiger partial charge is 0.468 e. The molecule has 0 aliphatic carbocycles. The molecule has 0 N–H and O–H groups in total. The molecule has 0 aromatic rings. The summed E-state index contributed by atoms with van der Waals surface area (Å²) in [6, 6.07) is 0. The van der Waals surface area contributed by atoms with E-state index in [1.165, 1.54) is 18.9 Å². The number of thioether (sulfide) groups is 1. The number of esters is 2. The predicted octanol–water partition coefficient (Wildman–Crippen LogP) is 2.79. The van der Waals surface area contributed by atoms with Gasteiger partial charge in [-0.1, -0.05) is 27.7 Å². The average Bonchev–Trinajstić information content (AvgIpc) is 2.38. The number of methoxy groups -OCH3 is 1. The zero-order chi connectivity index (χ0) is 16.7. The zero-order valence-corrected chi connectivity index (χ0v) is 14.3. The molecule has 1 unspecified atom stereocenters. The third kappa shape index (κ3) is 5.95. The fraction of sp³-hybridized carbons (Fsp3) is 0.786. The van der Waals surface area contributed by atoms with Crippen molar-refractivity contribution < 1.29 is 28.6 Å².